The summed E-state index contributed by atoms with van der Waals surface area (Å²) in [6.45, 7) is 0. The summed E-state index contributed by atoms with van der Waals surface area (Å²) in [5.41, 5.74) is -4.00. The Hall–Kier alpha value is -3.10. The van der Waals surface area contributed by atoms with E-state index in [1.54, 1.807) is 0 Å². The van der Waals surface area contributed by atoms with Gasteiger partial charge in [-0.3, -0.25) is 24.1 Å². The highest BCUT2D eigenvalue weighted by molar-refractivity contribution is 9.10. The Kier molecular flexibility index (Phi) is 7.04. The minimum atomic E-state index is -5.23. The van der Waals surface area contributed by atoms with Gasteiger partial charge < -0.3 is 5.11 Å². The number of phenolic OH excluding ortho intramolecular Hbond substituents is 1. The molecule has 4 aliphatic rings. The molecule has 1 N–H and O–H groups in total. The van der Waals surface area contributed by atoms with Crippen molar-refractivity contribution in [2.45, 2.75) is 40.9 Å². The van der Waals surface area contributed by atoms with Crippen molar-refractivity contribution in [3.63, 3.8) is 0 Å². The number of benzene rings is 2. The molecule has 2 aliphatic carbocycles. The molecular formula is C29H19BrCl2F6N2O5. The van der Waals surface area contributed by atoms with Crippen molar-refractivity contribution in [3.8, 4) is 5.75 Å². The van der Waals surface area contributed by atoms with E-state index in [0.717, 1.165) is 11.9 Å². The molecular weight excluding hydrogens is 721 g/mol. The molecule has 7 nitrogen and oxygen atoms in total. The Morgan fingerprint density at radius 3 is 2.07 bits per heavy atom. The lowest BCUT2D eigenvalue weighted by Gasteiger charge is -2.50. The smallest absolute Gasteiger partial charge is 0.416 e. The van der Waals surface area contributed by atoms with Crippen LogP contribution in [0.15, 0.2) is 52.5 Å². The van der Waals surface area contributed by atoms with Gasteiger partial charge in [0.25, 0.3) is 11.8 Å². The van der Waals surface area contributed by atoms with Crippen LogP contribution in [0.3, 0.4) is 0 Å². The number of alkyl halides is 8. The van der Waals surface area contributed by atoms with Gasteiger partial charge in [-0.1, -0.05) is 27.6 Å². The SMILES string of the molecule is CN1C(=O)[C@]2(Cl)C[C@@H]3C(=CC[C@@H]4C(=O)N(c5cc(C(F)(F)F)cc(C(F)(F)F)c5)C(=O)[C@@H]43)[C@H](c3cc(Br)ccc3O)[C@]2(Cl)C1=O. The van der Waals surface area contributed by atoms with Crippen LogP contribution in [0.25, 0.3) is 0 Å². The Morgan fingerprint density at radius 2 is 1.49 bits per heavy atom. The van der Waals surface area contributed by atoms with E-state index in [1.807, 2.05) is 0 Å². The van der Waals surface area contributed by atoms with Gasteiger partial charge in [-0.15, -0.1) is 23.2 Å². The van der Waals surface area contributed by atoms with Crippen molar-refractivity contribution in [2.24, 2.45) is 17.8 Å². The van der Waals surface area contributed by atoms with Crippen LogP contribution in [0, 0.1) is 17.8 Å². The lowest BCUT2D eigenvalue weighted by molar-refractivity contribution is -0.143. The highest BCUT2D eigenvalue weighted by Gasteiger charge is 2.76. The van der Waals surface area contributed by atoms with E-state index >= 15 is 0 Å². The Bertz CT molecular complexity index is 1720. The van der Waals surface area contributed by atoms with Crippen LogP contribution >= 0.6 is 39.1 Å². The number of halogens is 9. The van der Waals surface area contributed by atoms with Crippen molar-refractivity contribution in [1.29, 1.82) is 0 Å². The number of phenols is 1. The average molecular weight is 740 g/mol. The maximum Gasteiger partial charge on any atom is 0.416 e. The predicted octanol–water partition coefficient (Wildman–Crippen LogP) is 6.39. The molecule has 0 spiro atoms. The van der Waals surface area contributed by atoms with Crippen LogP contribution in [0.1, 0.15) is 35.4 Å². The molecule has 2 saturated heterocycles. The van der Waals surface area contributed by atoms with E-state index in [9.17, 15) is 50.6 Å². The van der Waals surface area contributed by atoms with Crippen LogP contribution in [0.5, 0.6) is 5.75 Å². The third-order valence-electron chi connectivity index (χ3n) is 9.15. The molecule has 6 atom stereocenters. The minimum Gasteiger partial charge on any atom is -0.508 e. The number of imide groups is 2. The van der Waals surface area contributed by atoms with Crippen molar-refractivity contribution < 1.29 is 50.6 Å². The van der Waals surface area contributed by atoms with E-state index in [1.165, 1.54) is 24.3 Å². The Labute approximate surface area is 268 Å². The number of amides is 4. The molecule has 3 fully saturated rings. The molecule has 0 bridgehead atoms. The first-order valence-electron chi connectivity index (χ1n) is 13.3. The van der Waals surface area contributed by atoms with Gasteiger partial charge in [0.2, 0.25) is 11.8 Å². The monoisotopic (exact) mass is 738 g/mol. The molecule has 0 unspecified atom stereocenters. The number of hydrogen-bond donors (Lipinski definition) is 1. The lowest BCUT2D eigenvalue weighted by atomic mass is 9.56. The summed E-state index contributed by atoms with van der Waals surface area (Å²) in [4.78, 5) is 51.3. The number of hydrogen-bond acceptors (Lipinski definition) is 5. The van der Waals surface area contributed by atoms with Gasteiger partial charge in [0.15, 0.2) is 9.75 Å². The number of nitrogens with zero attached hydrogens (tertiary/aromatic N) is 2. The fraction of sp³-hybridized carbons (Fsp3) is 0.379. The molecule has 238 valence electrons. The van der Waals surface area contributed by atoms with Gasteiger partial charge >= 0.3 is 12.4 Å². The first kappa shape index (κ1) is 31.9. The van der Waals surface area contributed by atoms with E-state index < -0.39 is 92.6 Å². The Morgan fingerprint density at radius 1 is 0.889 bits per heavy atom. The summed E-state index contributed by atoms with van der Waals surface area (Å²) >= 11 is 17.3. The van der Waals surface area contributed by atoms with Crippen molar-refractivity contribution in [1.82, 2.24) is 4.90 Å². The normalized spacial score (nSPS) is 31.6. The second-order valence-electron chi connectivity index (χ2n) is 11.5. The second-order valence-corrected chi connectivity index (χ2v) is 13.6. The van der Waals surface area contributed by atoms with Crippen molar-refractivity contribution >= 4 is 68.4 Å². The second kappa shape index (κ2) is 9.95. The maximum atomic E-state index is 14.0. The third kappa shape index (κ3) is 4.38. The van der Waals surface area contributed by atoms with Gasteiger partial charge in [0.1, 0.15) is 5.75 Å². The topological polar surface area (TPSA) is 95.0 Å². The fourth-order valence-corrected chi connectivity index (χ4v) is 8.56. The molecule has 0 radical (unpaired) electrons. The Balaban J connectivity index is 1.51. The molecule has 0 aromatic heterocycles. The number of likely N-dealkylation sites (tertiary alicyclic amines) is 1. The summed E-state index contributed by atoms with van der Waals surface area (Å²) in [5, 5.41) is 10.9. The molecule has 6 rings (SSSR count). The van der Waals surface area contributed by atoms with Crippen molar-refractivity contribution in [2.75, 3.05) is 11.9 Å². The average Bonchev–Trinajstić information content (AvgIpc) is 3.28. The zero-order chi connectivity index (χ0) is 33.2. The van der Waals surface area contributed by atoms with Crippen LogP contribution in [-0.4, -0.2) is 50.4 Å². The first-order valence-corrected chi connectivity index (χ1v) is 14.8. The summed E-state index contributed by atoms with van der Waals surface area (Å²) in [5.74, 6) is -9.32. The summed E-state index contributed by atoms with van der Waals surface area (Å²) in [6, 6.07) is 4.71. The van der Waals surface area contributed by atoms with Crippen LogP contribution in [0.4, 0.5) is 32.0 Å². The largest absolute Gasteiger partial charge is 0.508 e. The van der Waals surface area contributed by atoms with Gasteiger partial charge in [0.05, 0.1) is 28.7 Å². The van der Waals surface area contributed by atoms with Crippen LogP contribution in [0.2, 0.25) is 0 Å². The van der Waals surface area contributed by atoms with E-state index in [0.29, 0.717) is 21.5 Å². The predicted molar refractivity (Wildman–Crippen MR) is 150 cm³/mol. The molecule has 2 aromatic carbocycles. The molecule has 2 heterocycles. The summed E-state index contributed by atoms with van der Waals surface area (Å²) < 4.78 is 82.2. The zero-order valence-electron chi connectivity index (χ0n) is 22.6. The number of fused-ring (bicyclic) bond motifs is 4. The first-order chi connectivity index (χ1) is 20.7. The molecule has 1 saturated carbocycles. The van der Waals surface area contributed by atoms with Gasteiger partial charge in [-0.25, -0.2) is 4.90 Å². The number of allylic oxidation sites excluding steroid dienone is 2. The molecule has 2 aliphatic heterocycles. The third-order valence-corrected chi connectivity index (χ3v) is 11.1. The lowest BCUT2D eigenvalue weighted by Crippen LogP contribution is -2.60. The standard InChI is InChI=1S/C29H19BrCl2F6N2O5/c1-39-24(44)26(31)10-18-15(21(27(26,32)25(39)45)17-9-13(30)2-5-19(17)41)3-4-16-20(18)23(43)40(22(16)42)14-7-11(28(33,34)35)6-12(8-14)29(36,37)38/h2-3,5-9,16,18,20-21,41H,4,10H2,1H3/t16-,18+,20-,21+,26+,27-/m0/s1. The number of carbonyl (C=O) groups is 4. The van der Waals surface area contributed by atoms with E-state index in [2.05, 4.69) is 15.9 Å². The molecule has 16 heteroatoms. The van der Waals surface area contributed by atoms with Crippen LogP contribution < -0.4 is 4.90 Å². The van der Waals surface area contributed by atoms with Gasteiger partial charge in [-0.2, -0.15) is 26.3 Å². The number of carbonyl (C=O) groups excluding carboxylic acids is 4. The molecule has 4 amide bonds. The highest BCUT2D eigenvalue weighted by Crippen LogP contribution is 2.66. The van der Waals surface area contributed by atoms with Crippen molar-refractivity contribution in [3.05, 3.63) is 69.2 Å². The van der Waals surface area contributed by atoms with E-state index in [-0.39, 0.29) is 29.4 Å². The van der Waals surface area contributed by atoms with E-state index in [4.69, 9.17) is 23.2 Å². The van der Waals surface area contributed by atoms with Gasteiger partial charge in [0, 0.05) is 23.0 Å². The summed E-state index contributed by atoms with van der Waals surface area (Å²) in [7, 11) is 1.16. The number of aromatic hydroxyl groups is 1. The quantitative estimate of drug-likeness (QED) is 0.167. The maximum absolute atomic E-state index is 14.0. The fourth-order valence-electron chi connectivity index (χ4n) is 7.17. The minimum absolute atomic E-state index is 0.0663. The highest BCUT2D eigenvalue weighted by atomic mass is 79.9. The summed E-state index contributed by atoms with van der Waals surface area (Å²) in [6.07, 6.45) is -9.62. The molecule has 45 heavy (non-hydrogen) atoms. The zero-order valence-corrected chi connectivity index (χ0v) is 25.7. The number of anilines is 1. The van der Waals surface area contributed by atoms with Gasteiger partial charge in [-0.05, 0) is 55.2 Å². The van der Waals surface area contributed by atoms with Crippen LogP contribution in [-0.2, 0) is 31.5 Å². The number of rotatable bonds is 2. The molecule has 2 aromatic rings.